The number of ether oxygens (including phenoxy) is 1. The number of pyridine rings is 2. The van der Waals surface area contributed by atoms with Gasteiger partial charge in [-0.05, 0) is 36.8 Å². The van der Waals surface area contributed by atoms with Gasteiger partial charge in [-0.1, -0.05) is 17.7 Å². The van der Waals surface area contributed by atoms with Gasteiger partial charge in [-0.25, -0.2) is 14.2 Å². The Kier molecular flexibility index (Phi) is 4.55. The summed E-state index contributed by atoms with van der Waals surface area (Å²) in [6, 6.07) is 7.37. The lowest BCUT2D eigenvalue weighted by atomic mass is 10.1. The van der Waals surface area contributed by atoms with Crippen LogP contribution in [0.25, 0.3) is 11.0 Å². The Labute approximate surface area is 147 Å². The zero-order valence-electron chi connectivity index (χ0n) is 13.5. The quantitative estimate of drug-likeness (QED) is 0.672. The van der Waals surface area contributed by atoms with Gasteiger partial charge in [0.2, 0.25) is 5.43 Å². The number of hydrogen-bond acceptors (Lipinski definition) is 4. The first kappa shape index (κ1) is 17.1. The topological polar surface area (TPSA) is 61.2 Å². The van der Waals surface area contributed by atoms with Crippen LogP contribution in [0.1, 0.15) is 21.6 Å². The predicted octanol–water partition coefficient (Wildman–Crippen LogP) is 3.33. The van der Waals surface area contributed by atoms with Gasteiger partial charge in [-0.3, -0.25) is 4.79 Å². The average molecular weight is 361 g/mol. The van der Waals surface area contributed by atoms with Crippen LogP contribution in [0.5, 0.6) is 0 Å². The number of nitrogens with zero attached hydrogens (tertiary/aromatic N) is 2. The monoisotopic (exact) mass is 360 g/mol. The highest BCUT2D eigenvalue weighted by molar-refractivity contribution is 6.31. The molecular weight excluding hydrogens is 347 g/mol. The highest BCUT2D eigenvalue weighted by Crippen LogP contribution is 2.20. The number of benzene rings is 1. The van der Waals surface area contributed by atoms with Crippen molar-refractivity contribution in [3.05, 3.63) is 74.4 Å². The molecule has 3 rings (SSSR count). The lowest BCUT2D eigenvalue weighted by Crippen LogP contribution is -2.21. The number of carbonyl (C=O) groups excluding carboxylic acids is 1. The van der Waals surface area contributed by atoms with Gasteiger partial charge in [-0.15, -0.1) is 0 Å². The first-order valence-corrected chi connectivity index (χ1v) is 7.81. The number of aryl methyl sites for hydroxylation is 1. The fraction of sp³-hybridized carbons (Fsp3) is 0.167. The van der Waals surface area contributed by atoms with E-state index in [9.17, 15) is 14.0 Å². The molecule has 0 aliphatic carbocycles. The van der Waals surface area contributed by atoms with Gasteiger partial charge in [0.1, 0.15) is 17.0 Å². The Balaban J connectivity index is 2.25. The molecule has 0 unspecified atom stereocenters. The van der Waals surface area contributed by atoms with Crippen LogP contribution in [0, 0.1) is 12.7 Å². The molecule has 25 heavy (non-hydrogen) atoms. The molecule has 0 aliphatic heterocycles. The van der Waals surface area contributed by atoms with Gasteiger partial charge in [0.25, 0.3) is 0 Å². The maximum Gasteiger partial charge on any atom is 0.343 e. The minimum atomic E-state index is -0.730. The summed E-state index contributed by atoms with van der Waals surface area (Å²) in [5.74, 6) is -1.17. The fourth-order valence-corrected chi connectivity index (χ4v) is 2.80. The molecule has 0 bridgehead atoms. The van der Waals surface area contributed by atoms with E-state index in [1.807, 2.05) is 0 Å². The maximum atomic E-state index is 13.3. The second-order valence-corrected chi connectivity index (χ2v) is 5.96. The first-order valence-electron chi connectivity index (χ1n) is 7.43. The summed E-state index contributed by atoms with van der Waals surface area (Å²) >= 11 is 6.10. The van der Waals surface area contributed by atoms with Crippen molar-refractivity contribution in [1.82, 2.24) is 9.55 Å². The first-order chi connectivity index (χ1) is 11.9. The molecule has 7 heteroatoms. The van der Waals surface area contributed by atoms with Crippen LogP contribution in [0.4, 0.5) is 4.39 Å². The molecule has 0 radical (unpaired) electrons. The Morgan fingerprint density at radius 2 is 2.08 bits per heavy atom. The third-order valence-corrected chi connectivity index (χ3v) is 4.17. The van der Waals surface area contributed by atoms with Crippen molar-refractivity contribution in [2.45, 2.75) is 13.5 Å². The summed E-state index contributed by atoms with van der Waals surface area (Å²) in [4.78, 5) is 28.9. The summed E-state index contributed by atoms with van der Waals surface area (Å²) < 4.78 is 19.6. The summed E-state index contributed by atoms with van der Waals surface area (Å²) in [6.45, 7) is 2.02. The van der Waals surface area contributed by atoms with Gasteiger partial charge in [0.15, 0.2) is 0 Å². The fourth-order valence-electron chi connectivity index (χ4n) is 2.57. The van der Waals surface area contributed by atoms with E-state index in [1.165, 1.54) is 25.4 Å². The van der Waals surface area contributed by atoms with Gasteiger partial charge in [0.05, 0.1) is 19.0 Å². The Morgan fingerprint density at radius 1 is 1.32 bits per heavy atom. The summed E-state index contributed by atoms with van der Waals surface area (Å²) in [5, 5.41) is 0.547. The van der Waals surface area contributed by atoms with E-state index in [2.05, 4.69) is 9.72 Å². The number of methoxy groups -OCH3 is 1. The number of hydrogen-bond donors (Lipinski definition) is 0. The third kappa shape index (κ3) is 3.25. The van der Waals surface area contributed by atoms with Crippen LogP contribution in [0.3, 0.4) is 0 Å². The Morgan fingerprint density at radius 3 is 2.76 bits per heavy atom. The predicted molar refractivity (Wildman–Crippen MR) is 92.6 cm³/mol. The number of halogens is 2. The Bertz CT molecular complexity index is 1050. The highest BCUT2D eigenvalue weighted by atomic mass is 35.5. The minimum absolute atomic E-state index is 0.0983. The number of fused-ring (bicyclic) bond motifs is 1. The lowest BCUT2D eigenvalue weighted by Gasteiger charge is -2.13. The minimum Gasteiger partial charge on any atom is -0.465 e. The van der Waals surface area contributed by atoms with Crippen molar-refractivity contribution in [3.63, 3.8) is 0 Å². The molecule has 0 spiro atoms. The van der Waals surface area contributed by atoms with Gasteiger partial charge < -0.3 is 9.30 Å². The van der Waals surface area contributed by atoms with E-state index in [-0.39, 0.29) is 17.1 Å². The molecular formula is C18H14ClFN2O3. The smallest absolute Gasteiger partial charge is 0.343 e. The average Bonchev–Trinajstić information content (AvgIpc) is 2.58. The molecule has 5 nitrogen and oxygen atoms in total. The number of rotatable bonds is 3. The van der Waals surface area contributed by atoms with E-state index in [0.29, 0.717) is 16.6 Å². The normalized spacial score (nSPS) is 10.9. The molecule has 0 aliphatic rings. The number of carbonyl (C=O) groups is 1. The summed E-state index contributed by atoms with van der Waals surface area (Å²) in [5.41, 5.74) is 1.22. The second-order valence-electron chi connectivity index (χ2n) is 5.55. The van der Waals surface area contributed by atoms with E-state index >= 15 is 0 Å². The molecule has 2 aromatic heterocycles. The molecule has 0 N–H and O–H groups in total. The highest BCUT2D eigenvalue weighted by Gasteiger charge is 2.17. The maximum absolute atomic E-state index is 13.3. The van der Waals surface area contributed by atoms with Crippen LogP contribution in [0.2, 0.25) is 5.02 Å². The molecule has 3 aromatic rings. The molecule has 1 aromatic carbocycles. The second kappa shape index (κ2) is 6.64. The zero-order valence-corrected chi connectivity index (χ0v) is 14.3. The third-order valence-electron chi connectivity index (χ3n) is 3.82. The van der Waals surface area contributed by atoms with Gasteiger partial charge in [0, 0.05) is 16.9 Å². The molecule has 0 saturated heterocycles. The number of esters is 1. The van der Waals surface area contributed by atoms with Gasteiger partial charge >= 0.3 is 5.97 Å². The molecule has 0 saturated carbocycles. The van der Waals surface area contributed by atoms with Crippen molar-refractivity contribution in [2.75, 3.05) is 7.11 Å². The molecule has 0 amide bonds. The molecule has 2 heterocycles. The molecule has 0 atom stereocenters. The largest absolute Gasteiger partial charge is 0.465 e. The van der Waals surface area contributed by atoms with E-state index in [4.69, 9.17) is 11.6 Å². The van der Waals surface area contributed by atoms with Crippen molar-refractivity contribution in [1.29, 1.82) is 0 Å². The van der Waals surface area contributed by atoms with Crippen LogP contribution >= 0.6 is 11.6 Å². The van der Waals surface area contributed by atoms with Crippen molar-refractivity contribution in [2.24, 2.45) is 0 Å². The van der Waals surface area contributed by atoms with Crippen LogP contribution in [0.15, 0.2) is 41.3 Å². The van der Waals surface area contributed by atoms with E-state index in [0.717, 1.165) is 5.69 Å². The number of aromatic nitrogens is 2. The molecule has 128 valence electrons. The Hall–Kier alpha value is -2.73. The van der Waals surface area contributed by atoms with Crippen LogP contribution < -0.4 is 5.43 Å². The zero-order chi connectivity index (χ0) is 18.1. The summed E-state index contributed by atoms with van der Waals surface area (Å²) in [6.07, 6.45) is 1.39. The molecule has 0 fully saturated rings. The van der Waals surface area contributed by atoms with Crippen molar-refractivity contribution in [3.8, 4) is 0 Å². The van der Waals surface area contributed by atoms with E-state index in [1.54, 1.807) is 29.7 Å². The van der Waals surface area contributed by atoms with Gasteiger partial charge in [-0.2, -0.15) is 0 Å². The SMILES string of the molecule is COC(=O)c1cn(Cc2ccc(F)cc2Cl)c2nc(C)ccc2c1=O. The lowest BCUT2D eigenvalue weighted by molar-refractivity contribution is 0.0598. The van der Waals surface area contributed by atoms with Crippen molar-refractivity contribution >= 4 is 28.6 Å². The van der Waals surface area contributed by atoms with Crippen LogP contribution in [-0.4, -0.2) is 22.6 Å². The summed E-state index contributed by atoms with van der Waals surface area (Å²) in [7, 11) is 1.21. The van der Waals surface area contributed by atoms with E-state index < -0.39 is 17.2 Å². The van der Waals surface area contributed by atoms with Crippen molar-refractivity contribution < 1.29 is 13.9 Å². The van der Waals surface area contributed by atoms with Crippen LogP contribution in [-0.2, 0) is 11.3 Å². The standard InChI is InChI=1S/C18H14ClFN2O3/c1-10-3-6-13-16(23)14(18(24)25-2)9-22(17(13)21-10)8-11-4-5-12(20)7-15(11)19/h3-7,9H,8H2,1-2H3.